The van der Waals surface area contributed by atoms with Crippen molar-refractivity contribution in [1.29, 1.82) is 0 Å². The maximum absolute atomic E-state index is 5.39. The van der Waals surface area contributed by atoms with Crippen molar-refractivity contribution in [2.45, 2.75) is 13.5 Å². The van der Waals surface area contributed by atoms with Crippen molar-refractivity contribution in [2.24, 2.45) is 0 Å². The van der Waals surface area contributed by atoms with E-state index in [-0.39, 0.29) is 6.79 Å². The van der Waals surface area contributed by atoms with Crippen molar-refractivity contribution >= 4 is 37.5 Å². The van der Waals surface area contributed by atoms with Crippen molar-refractivity contribution in [3.63, 3.8) is 0 Å². The minimum absolute atomic E-state index is 0.286. The lowest BCUT2D eigenvalue weighted by Gasteiger charge is -2.10. The summed E-state index contributed by atoms with van der Waals surface area (Å²) in [4.78, 5) is 4.27. The van der Waals surface area contributed by atoms with Gasteiger partial charge >= 0.3 is 0 Å². The zero-order valence-electron chi connectivity index (χ0n) is 10.7. The Hall–Kier alpha value is -1.27. The van der Waals surface area contributed by atoms with Crippen LogP contribution in [0.25, 0.3) is 0 Å². The molecule has 0 fully saturated rings. The lowest BCUT2D eigenvalue weighted by molar-refractivity contribution is 0.174. The molecule has 1 aromatic carbocycles. The SMILES string of the molecule is Cc1cc(NCc2cc3c(cc2Br)OCO3)cnc1Br. The molecule has 1 N–H and O–H groups in total. The first kappa shape index (κ1) is 13.7. The highest BCUT2D eigenvalue weighted by Gasteiger charge is 2.16. The second-order valence-corrected chi connectivity index (χ2v) is 6.09. The number of nitrogens with one attached hydrogen (secondary N) is 1. The van der Waals surface area contributed by atoms with E-state index < -0.39 is 0 Å². The largest absolute Gasteiger partial charge is 0.454 e. The smallest absolute Gasteiger partial charge is 0.231 e. The number of aromatic nitrogens is 1. The quantitative estimate of drug-likeness (QED) is 0.783. The Morgan fingerprint density at radius 3 is 2.70 bits per heavy atom. The Labute approximate surface area is 133 Å². The van der Waals surface area contributed by atoms with Crippen LogP contribution in [0.15, 0.2) is 33.5 Å². The average Bonchev–Trinajstić information content (AvgIpc) is 2.87. The highest BCUT2D eigenvalue weighted by Crippen LogP contribution is 2.37. The molecule has 0 unspecified atom stereocenters. The number of aryl methyl sites for hydroxylation is 1. The first-order chi connectivity index (χ1) is 9.63. The van der Waals surface area contributed by atoms with Gasteiger partial charge in [0.15, 0.2) is 11.5 Å². The number of halogens is 2. The number of fused-ring (bicyclic) bond motifs is 1. The van der Waals surface area contributed by atoms with Gasteiger partial charge in [-0.2, -0.15) is 0 Å². The molecule has 1 aliphatic rings. The summed E-state index contributed by atoms with van der Waals surface area (Å²) in [6, 6.07) is 5.97. The number of nitrogens with zero attached hydrogens (tertiary/aromatic N) is 1. The maximum Gasteiger partial charge on any atom is 0.231 e. The predicted molar refractivity (Wildman–Crippen MR) is 84.3 cm³/mol. The molecule has 1 aliphatic heterocycles. The van der Waals surface area contributed by atoms with E-state index in [4.69, 9.17) is 9.47 Å². The molecule has 104 valence electrons. The minimum Gasteiger partial charge on any atom is -0.454 e. The van der Waals surface area contributed by atoms with E-state index in [2.05, 4.69) is 48.2 Å². The molecule has 0 saturated heterocycles. The molecule has 6 heteroatoms. The minimum atomic E-state index is 0.286. The van der Waals surface area contributed by atoms with Gasteiger partial charge in [-0.05, 0) is 52.2 Å². The fraction of sp³-hybridized carbons (Fsp3) is 0.214. The summed E-state index contributed by atoms with van der Waals surface area (Å²) in [7, 11) is 0. The molecular formula is C14H12Br2N2O2. The zero-order valence-corrected chi connectivity index (χ0v) is 13.9. The van der Waals surface area contributed by atoms with E-state index in [1.165, 1.54) is 0 Å². The van der Waals surface area contributed by atoms with Gasteiger partial charge in [-0.3, -0.25) is 0 Å². The summed E-state index contributed by atoms with van der Waals surface area (Å²) in [6.45, 7) is 2.98. The van der Waals surface area contributed by atoms with Crippen molar-refractivity contribution < 1.29 is 9.47 Å². The van der Waals surface area contributed by atoms with Crippen LogP contribution in [0.2, 0.25) is 0 Å². The van der Waals surface area contributed by atoms with Crippen LogP contribution in [-0.4, -0.2) is 11.8 Å². The van der Waals surface area contributed by atoms with Crippen LogP contribution in [0, 0.1) is 6.92 Å². The Kier molecular flexibility index (Phi) is 3.85. The van der Waals surface area contributed by atoms with Crippen molar-refractivity contribution in [3.8, 4) is 11.5 Å². The fourth-order valence-corrected chi connectivity index (χ4v) is 2.63. The van der Waals surface area contributed by atoms with Gasteiger partial charge in [0.25, 0.3) is 0 Å². The molecule has 0 amide bonds. The van der Waals surface area contributed by atoms with Crippen molar-refractivity contribution in [1.82, 2.24) is 4.98 Å². The highest BCUT2D eigenvalue weighted by atomic mass is 79.9. The fourth-order valence-electron chi connectivity index (χ4n) is 1.95. The number of ether oxygens (including phenoxy) is 2. The van der Waals surface area contributed by atoms with E-state index in [1.807, 2.05) is 19.1 Å². The Balaban J connectivity index is 1.76. The van der Waals surface area contributed by atoms with Gasteiger partial charge in [0, 0.05) is 11.0 Å². The van der Waals surface area contributed by atoms with Crippen LogP contribution >= 0.6 is 31.9 Å². The first-order valence-corrected chi connectivity index (χ1v) is 7.66. The molecule has 2 aromatic rings. The maximum atomic E-state index is 5.39. The summed E-state index contributed by atoms with van der Waals surface area (Å²) < 4.78 is 12.6. The molecule has 0 spiro atoms. The van der Waals surface area contributed by atoms with E-state index in [1.54, 1.807) is 6.20 Å². The Morgan fingerprint density at radius 2 is 1.95 bits per heavy atom. The third-order valence-corrected chi connectivity index (χ3v) is 4.61. The molecule has 0 radical (unpaired) electrons. The Morgan fingerprint density at radius 1 is 1.20 bits per heavy atom. The van der Waals surface area contributed by atoms with Crippen LogP contribution in [0.5, 0.6) is 11.5 Å². The number of benzene rings is 1. The molecule has 3 rings (SSSR count). The number of pyridine rings is 1. The van der Waals surface area contributed by atoms with Gasteiger partial charge in [-0.25, -0.2) is 4.98 Å². The number of anilines is 1. The molecular weight excluding hydrogens is 388 g/mol. The molecule has 0 bridgehead atoms. The number of hydrogen-bond donors (Lipinski definition) is 1. The molecule has 20 heavy (non-hydrogen) atoms. The molecule has 0 saturated carbocycles. The standard InChI is InChI=1S/C14H12Br2N2O2/c1-8-2-10(6-18-14(8)16)17-5-9-3-12-13(4-11(9)15)20-7-19-12/h2-4,6,17H,5,7H2,1H3. The first-order valence-electron chi connectivity index (χ1n) is 6.07. The van der Waals surface area contributed by atoms with E-state index in [0.29, 0.717) is 6.54 Å². The number of hydrogen-bond acceptors (Lipinski definition) is 4. The molecule has 0 aliphatic carbocycles. The average molecular weight is 400 g/mol. The van der Waals surface area contributed by atoms with Gasteiger partial charge < -0.3 is 14.8 Å². The predicted octanol–water partition coefficient (Wildman–Crippen LogP) is 4.26. The second-order valence-electron chi connectivity index (χ2n) is 4.48. The summed E-state index contributed by atoms with van der Waals surface area (Å²) in [5, 5.41) is 3.35. The molecule has 0 atom stereocenters. The highest BCUT2D eigenvalue weighted by molar-refractivity contribution is 9.10. The molecule has 2 heterocycles. The lowest BCUT2D eigenvalue weighted by Crippen LogP contribution is -2.01. The van der Waals surface area contributed by atoms with Gasteiger partial charge in [-0.1, -0.05) is 15.9 Å². The lowest BCUT2D eigenvalue weighted by atomic mass is 10.2. The number of rotatable bonds is 3. The monoisotopic (exact) mass is 398 g/mol. The van der Waals surface area contributed by atoms with Crippen LogP contribution in [0.4, 0.5) is 5.69 Å². The zero-order chi connectivity index (χ0) is 14.1. The van der Waals surface area contributed by atoms with Crippen LogP contribution in [0.1, 0.15) is 11.1 Å². The van der Waals surface area contributed by atoms with E-state index in [0.717, 1.165) is 37.4 Å². The van der Waals surface area contributed by atoms with Crippen molar-refractivity contribution in [2.75, 3.05) is 12.1 Å². The second kappa shape index (κ2) is 5.61. The summed E-state index contributed by atoms with van der Waals surface area (Å²) in [5.41, 5.74) is 3.19. The Bertz CT molecular complexity index is 662. The molecule has 4 nitrogen and oxygen atoms in total. The van der Waals surface area contributed by atoms with Crippen LogP contribution < -0.4 is 14.8 Å². The van der Waals surface area contributed by atoms with Crippen LogP contribution in [0.3, 0.4) is 0 Å². The third-order valence-electron chi connectivity index (χ3n) is 3.04. The summed E-state index contributed by atoms with van der Waals surface area (Å²) in [6.07, 6.45) is 1.80. The van der Waals surface area contributed by atoms with Gasteiger partial charge in [0.05, 0.1) is 11.9 Å². The van der Waals surface area contributed by atoms with Gasteiger partial charge in [0.2, 0.25) is 6.79 Å². The van der Waals surface area contributed by atoms with E-state index in [9.17, 15) is 0 Å². The summed E-state index contributed by atoms with van der Waals surface area (Å²) in [5.74, 6) is 1.57. The van der Waals surface area contributed by atoms with Gasteiger partial charge in [0.1, 0.15) is 4.60 Å². The molecule has 1 aromatic heterocycles. The summed E-state index contributed by atoms with van der Waals surface area (Å²) >= 11 is 6.94. The normalized spacial score (nSPS) is 12.6. The third kappa shape index (κ3) is 2.76. The van der Waals surface area contributed by atoms with Crippen LogP contribution in [-0.2, 0) is 6.54 Å². The topological polar surface area (TPSA) is 43.4 Å². The van der Waals surface area contributed by atoms with Crippen molar-refractivity contribution in [3.05, 3.63) is 44.6 Å². The van der Waals surface area contributed by atoms with E-state index >= 15 is 0 Å². The van der Waals surface area contributed by atoms with Gasteiger partial charge in [-0.15, -0.1) is 0 Å².